The van der Waals surface area contributed by atoms with Crippen molar-refractivity contribution in [2.24, 2.45) is 0 Å². The fraction of sp³-hybridized carbons (Fsp3) is 0.333. The maximum atomic E-state index is 12.4. The lowest BCUT2D eigenvalue weighted by Gasteiger charge is -2.24. The van der Waals surface area contributed by atoms with E-state index in [1.165, 1.54) is 0 Å². The summed E-state index contributed by atoms with van der Waals surface area (Å²) in [6.07, 6.45) is 0. The van der Waals surface area contributed by atoms with Crippen molar-refractivity contribution in [3.8, 4) is 0 Å². The summed E-state index contributed by atoms with van der Waals surface area (Å²) >= 11 is 7.63. The van der Waals surface area contributed by atoms with Gasteiger partial charge < -0.3 is 4.98 Å². The second-order valence-corrected chi connectivity index (χ2v) is 7.78. The highest BCUT2D eigenvalue weighted by Gasteiger charge is 2.18. The van der Waals surface area contributed by atoms with Gasteiger partial charge in [-0.2, -0.15) is 0 Å². The molecule has 3 aromatic rings. The molecule has 0 aliphatic carbocycles. The number of hydrogen-bond acceptors (Lipinski definition) is 4. The standard InChI is InChI=1S/C18H20ClN3OS/c1-10-12(3)24-18-15(10)17(23)20-16(21-18)11(2)22(4)9-13-6-5-7-14(19)8-13/h5-8,11H,9H2,1-4H3,(H,20,21,23). The predicted molar refractivity (Wildman–Crippen MR) is 101 cm³/mol. The van der Waals surface area contributed by atoms with Crippen LogP contribution in [0.1, 0.15) is 34.8 Å². The number of aryl methyl sites for hydroxylation is 2. The van der Waals surface area contributed by atoms with Gasteiger partial charge >= 0.3 is 0 Å². The number of hydrogen-bond donors (Lipinski definition) is 1. The molecule has 3 rings (SSSR count). The Labute approximate surface area is 150 Å². The monoisotopic (exact) mass is 361 g/mol. The fourth-order valence-electron chi connectivity index (χ4n) is 2.74. The van der Waals surface area contributed by atoms with Crippen molar-refractivity contribution in [3.63, 3.8) is 0 Å². The molecule has 126 valence electrons. The molecule has 0 bridgehead atoms. The lowest BCUT2D eigenvalue weighted by molar-refractivity contribution is 0.244. The summed E-state index contributed by atoms with van der Waals surface area (Å²) in [5, 5.41) is 1.44. The molecular formula is C18H20ClN3OS. The third-order valence-corrected chi connectivity index (χ3v) is 5.77. The number of fused-ring (bicyclic) bond motifs is 1. The molecule has 4 nitrogen and oxygen atoms in total. The Hall–Kier alpha value is -1.69. The van der Waals surface area contributed by atoms with E-state index in [2.05, 4.69) is 9.88 Å². The van der Waals surface area contributed by atoms with Gasteiger partial charge in [0.15, 0.2) is 0 Å². The molecule has 0 radical (unpaired) electrons. The number of H-pyrrole nitrogens is 1. The smallest absolute Gasteiger partial charge is 0.259 e. The molecule has 0 aliphatic heterocycles. The van der Waals surface area contributed by atoms with E-state index >= 15 is 0 Å². The zero-order chi connectivity index (χ0) is 17.4. The third kappa shape index (κ3) is 3.24. The SMILES string of the molecule is Cc1sc2nc(C(C)N(C)Cc3cccc(Cl)c3)[nH]c(=O)c2c1C. The molecule has 2 heterocycles. The number of halogens is 1. The lowest BCUT2D eigenvalue weighted by Crippen LogP contribution is -2.25. The highest BCUT2D eigenvalue weighted by atomic mass is 35.5. The predicted octanol–water partition coefficient (Wildman–Crippen LogP) is 4.45. The number of aromatic amines is 1. The van der Waals surface area contributed by atoms with E-state index in [1.807, 2.05) is 52.1 Å². The Kier molecular flexibility index (Phi) is 4.76. The maximum Gasteiger partial charge on any atom is 0.259 e. The number of aromatic nitrogens is 2. The van der Waals surface area contributed by atoms with E-state index in [4.69, 9.17) is 16.6 Å². The zero-order valence-corrected chi connectivity index (χ0v) is 15.8. The number of thiophene rings is 1. The van der Waals surface area contributed by atoms with Gasteiger partial charge in [-0.15, -0.1) is 11.3 Å². The van der Waals surface area contributed by atoms with Crippen molar-refractivity contribution in [1.82, 2.24) is 14.9 Å². The molecule has 1 aromatic carbocycles. The Balaban J connectivity index is 1.90. The Morgan fingerprint density at radius 3 is 2.83 bits per heavy atom. The van der Waals surface area contributed by atoms with Crippen molar-refractivity contribution in [1.29, 1.82) is 0 Å². The number of rotatable bonds is 4. The first-order valence-corrected chi connectivity index (χ1v) is 9.01. The second-order valence-electron chi connectivity index (χ2n) is 6.14. The van der Waals surface area contributed by atoms with Gasteiger partial charge in [0.2, 0.25) is 0 Å². The van der Waals surface area contributed by atoms with E-state index in [-0.39, 0.29) is 11.6 Å². The van der Waals surface area contributed by atoms with Gasteiger partial charge in [0, 0.05) is 16.4 Å². The molecule has 0 aliphatic rings. The van der Waals surface area contributed by atoms with Crippen molar-refractivity contribution < 1.29 is 0 Å². The summed E-state index contributed by atoms with van der Waals surface area (Å²) in [7, 11) is 2.01. The van der Waals surface area contributed by atoms with Gasteiger partial charge in [0.05, 0.1) is 11.4 Å². The van der Waals surface area contributed by atoms with Crippen LogP contribution < -0.4 is 5.56 Å². The first-order chi connectivity index (χ1) is 11.4. The van der Waals surface area contributed by atoms with Gasteiger partial charge in [-0.3, -0.25) is 9.69 Å². The van der Waals surface area contributed by atoms with Crippen LogP contribution in [0.5, 0.6) is 0 Å². The molecular weight excluding hydrogens is 342 g/mol. The normalized spacial score (nSPS) is 12.9. The lowest BCUT2D eigenvalue weighted by atomic mass is 10.2. The second kappa shape index (κ2) is 6.67. The molecule has 0 amide bonds. The van der Waals surface area contributed by atoms with Gasteiger partial charge in [-0.05, 0) is 51.1 Å². The number of nitrogens with zero attached hydrogens (tertiary/aromatic N) is 2. The Morgan fingerprint density at radius 2 is 2.12 bits per heavy atom. The van der Waals surface area contributed by atoms with Crippen LogP contribution in [0.25, 0.3) is 10.2 Å². The van der Waals surface area contributed by atoms with Crippen LogP contribution in [-0.4, -0.2) is 21.9 Å². The molecule has 2 aromatic heterocycles. The Bertz CT molecular complexity index is 947. The molecule has 0 spiro atoms. The molecule has 0 fully saturated rings. The highest BCUT2D eigenvalue weighted by molar-refractivity contribution is 7.18. The van der Waals surface area contributed by atoms with E-state index < -0.39 is 0 Å². The van der Waals surface area contributed by atoms with Crippen LogP contribution in [0.2, 0.25) is 5.02 Å². The molecule has 6 heteroatoms. The first kappa shape index (κ1) is 17.1. The molecule has 1 atom stereocenters. The van der Waals surface area contributed by atoms with Gasteiger partial charge in [-0.25, -0.2) is 4.98 Å². The average molecular weight is 362 g/mol. The minimum Gasteiger partial charge on any atom is -0.309 e. The summed E-state index contributed by atoms with van der Waals surface area (Å²) in [5.74, 6) is 0.693. The number of nitrogens with one attached hydrogen (secondary N) is 1. The zero-order valence-electron chi connectivity index (χ0n) is 14.2. The van der Waals surface area contributed by atoms with Gasteiger partial charge in [0.25, 0.3) is 5.56 Å². The van der Waals surface area contributed by atoms with E-state index in [9.17, 15) is 4.79 Å². The van der Waals surface area contributed by atoms with Crippen LogP contribution in [-0.2, 0) is 6.54 Å². The molecule has 1 N–H and O–H groups in total. The maximum absolute atomic E-state index is 12.4. The van der Waals surface area contributed by atoms with Crippen LogP contribution in [0, 0.1) is 13.8 Å². The summed E-state index contributed by atoms with van der Waals surface area (Å²) in [6.45, 7) is 6.77. The van der Waals surface area contributed by atoms with Crippen molar-refractivity contribution in [3.05, 3.63) is 61.5 Å². The van der Waals surface area contributed by atoms with E-state index in [1.54, 1.807) is 11.3 Å². The quantitative estimate of drug-likeness (QED) is 0.746. The topological polar surface area (TPSA) is 49.0 Å². The molecule has 1 unspecified atom stereocenters. The van der Waals surface area contributed by atoms with Crippen molar-refractivity contribution in [2.45, 2.75) is 33.4 Å². The van der Waals surface area contributed by atoms with Crippen molar-refractivity contribution >= 4 is 33.2 Å². The summed E-state index contributed by atoms with van der Waals surface area (Å²) in [6, 6.07) is 7.79. The first-order valence-electron chi connectivity index (χ1n) is 7.81. The van der Waals surface area contributed by atoms with Crippen molar-refractivity contribution in [2.75, 3.05) is 7.05 Å². The Morgan fingerprint density at radius 1 is 1.38 bits per heavy atom. The average Bonchev–Trinajstić information content (AvgIpc) is 2.81. The molecule has 0 saturated heterocycles. The fourth-order valence-corrected chi connectivity index (χ4v) is 3.99. The van der Waals surface area contributed by atoms with Crippen LogP contribution in [0.3, 0.4) is 0 Å². The van der Waals surface area contributed by atoms with E-state index in [0.29, 0.717) is 11.2 Å². The number of benzene rings is 1. The van der Waals surface area contributed by atoms with Gasteiger partial charge in [-0.1, -0.05) is 23.7 Å². The third-order valence-electron chi connectivity index (χ3n) is 4.44. The highest BCUT2D eigenvalue weighted by Crippen LogP contribution is 2.27. The van der Waals surface area contributed by atoms with Crippen LogP contribution in [0.4, 0.5) is 0 Å². The van der Waals surface area contributed by atoms with Crippen LogP contribution >= 0.6 is 22.9 Å². The molecule has 0 saturated carbocycles. The minimum absolute atomic E-state index is 0.0104. The summed E-state index contributed by atoms with van der Waals surface area (Å²) < 4.78 is 0. The summed E-state index contributed by atoms with van der Waals surface area (Å²) in [5.41, 5.74) is 2.10. The largest absolute Gasteiger partial charge is 0.309 e. The molecule has 24 heavy (non-hydrogen) atoms. The minimum atomic E-state index is -0.0557. The van der Waals surface area contributed by atoms with Gasteiger partial charge in [0.1, 0.15) is 10.7 Å². The summed E-state index contributed by atoms with van der Waals surface area (Å²) in [4.78, 5) is 24.2. The van der Waals surface area contributed by atoms with Crippen LogP contribution in [0.15, 0.2) is 29.1 Å². The van der Waals surface area contributed by atoms with E-state index in [0.717, 1.165) is 32.4 Å².